The fraction of sp³-hybridized carbons (Fsp3) is 0.333. The average molecular weight is 206 g/mol. The van der Waals surface area contributed by atoms with Crippen LogP contribution in [0, 0.1) is 0 Å². The van der Waals surface area contributed by atoms with Gasteiger partial charge in [-0.2, -0.15) is 0 Å². The quantitative estimate of drug-likeness (QED) is 0.741. The fourth-order valence-corrected chi connectivity index (χ4v) is 2.76. The second kappa shape index (κ2) is 4.01. The number of rotatable bonds is 3. The number of hydrogen-bond donors (Lipinski definition) is 0. The lowest BCUT2D eigenvalue weighted by molar-refractivity contribution is 0.415. The zero-order valence-corrected chi connectivity index (χ0v) is 9.36. The maximum Gasteiger partial charge on any atom is 0.120 e. The molecule has 2 aromatic rings. The molecule has 1 heterocycles. The van der Waals surface area contributed by atoms with Gasteiger partial charge in [0.25, 0.3) is 0 Å². The van der Waals surface area contributed by atoms with Gasteiger partial charge >= 0.3 is 0 Å². The molecular formula is C12H14OS. The van der Waals surface area contributed by atoms with Crippen molar-refractivity contribution in [2.45, 2.75) is 19.8 Å². The van der Waals surface area contributed by atoms with Crippen molar-refractivity contribution in [3.05, 3.63) is 29.1 Å². The van der Waals surface area contributed by atoms with Crippen LogP contribution in [0.5, 0.6) is 5.75 Å². The number of benzene rings is 1. The van der Waals surface area contributed by atoms with Gasteiger partial charge in [0, 0.05) is 9.58 Å². The van der Waals surface area contributed by atoms with Crippen molar-refractivity contribution in [2.24, 2.45) is 0 Å². The van der Waals surface area contributed by atoms with Gasteiger partial charge < -0.3 is 4.74 Å². The Kier molecular flexibility index (Phi) is 2.73. The van der Waals surface area contributed by atoms with Gasteiger partial charge in [-0.1, -0.05) is 13.3 Å². The monoisotopic (exact) mass is 206 g/mol. The Bertz CT molecular complexity index is 431. The van der Waals surface area contributed by atoms with Gasteiger partial charge in [-0.25, -0.2) is 0 Å². The molecule has 2 rings (SSSR count). The number of thiophene rings is 1. The van der Waals surface area contributed by atoms with E-state index in [9.17, 15) is 0 Å². The molecule has 1 nitrogen and oxygen atoms in total. The summed E-state index contributed by atoms with van der Waals surface area (Å²) in [5, 5.41) is 1.33. The van der Waals surface area contributed by atoms with Crippen LogP contribution in [0.4, 0.5) is 0 Å². The minimum absolute atomic E-state index is 0.947. The van der Waals surface area contributed by atoms with Crippen molar-refractivity contribution in [2.75, 3.05) is 7.11 Å². The second-order valence-electron chi connectivity index (χ2n) is 3.37. The summed E-state index contributed by atoms with van der Waals surface area (Å²) in [5.41, 5.74) is 0. The molecule has 74 valence electrons. The van der Waals surface area contributed by atoms with Crippen LogP contribution in [0.25, 0.3) is 10.1 Å². The molecular weight excluding hydrogens is 192 g/mol. The van der Waals surface area contributed by atoms with E-state index < -0.39 is 0 Å². The molecule has 0 unspecified atom stereocenters. The van der Waals surface area contributed by atoms with Crippen molar-refractivity contribution >= 4 is 21.4 Å². The van der Waals surface area contributed by atoms with Crippen molar-refractivity contribution < 1.29 is 4.74 Å². The first-order valence-electron chi connectivity index (χ1n) is 4.90. The Balaban J connectivity index is 2.43. The number of hydrogen-bond acceptors (Lipinski definition) is 2. The van der Waals surface area contributed by atoms with Crippen molar-refractivity contribution in [3.63, 3.8) is 0 Å². The molecule has 0 atom stereocenters. The molecule has 0 N–H and O–H groups in total. The van der Waals surface area contributed by atoms with E-state index in [0.29, 0.717) is 0 Å². The summed E-state index contributed by atoms with van der Waals surface area (Å²) in [4.78, 5) is 1.47. The number of fused-ring (bicyclic) bond motifs is 1. The molecule has 2 heteroatoms. The average Bonchev–Trinajstić information content (AvgIpc) is 2.59. The molecule has 1 aromatic carbocycles. The van der Waals surface area contributed by atoms with Gasteiger partial charge in [0.05, 0.1) is 7.11 Å². The summed E-state index contributed by atoms with van der Waals surface area (Å²) in [7, 11) is 1.71. The summed E-state index contributed by atoms with van der Waals surface area (Å²) >= 11 is 1.87. The third kappa shape index (κ3) is 1.75. The van der Waals surface area contributed by atoms with E-state index in [2.05, 4.69) is 25.1 Å². The molecule has 0 saturated carbocycles. The molecule has 0 aliphatic carbocycles. The molecule has 14 heavy (non-hydrogen) atoms. The smallest absolute Gasteiger partial charge is 0.120 e. The SMILES string of the molecule is CCCc1cc2ccc(OC)cc2s1. The Morgan fingerprint density at radius 3 is 2.86 bits per heavy atom. The van der Waals surface area contributed by atoms with Crippen LogP contribution in [0.3, 0.4) is 0 Å². The maximum absolute atomic E-state index is 5.20. The first-order chi connectivity index (χ1) is 6.83. The van der Waals surface area contributed by atoms with E-state index in [1.807, 2.05) is 17.4 Å². The maximum atomic E-state index is 5.20. The first-order valence-corrected chi connectivity index (χ1v) is 5.71. The van der Waals surface area contributed by atoms with Crippen LogP contribution in [-0.4, -0.2) is 7.11 Å². The summed E-state index contributed by atoms with van der Waals surface area (Å²) in [6, 6.07) is 8.54. The fourth-order valence-electron chi connectivity index (χ4n) is 1.56. The lowest BCUT2D eigenvalue weighted by Crippen LogP contribution is -1.79. The first kappa shape index (κ1) is 9.53. The van der Waals surface area contributed by atoms with Crippen LogP contribution in [0.2, 0.25) is 0 Å². The normalized spacial score (nSPS) is 10.7. The van der Waals surface area contributed by atoms with Crippen LogP contribution in [0.15, 0.2) is 24.3 Å². The molecule has 0 bridgehead atoms. The third-order valence-electron chi connectivity index (χ3n) is 2.27. The van der Waals surface area contributed by atoms with E-state index in [1.54, 1.807) is 7.11 Å². The molecule has 0 aliphatic heterocycles. The predicted octanol–water partition coefficient (Wildman–Crippen LogP) is 3.86. The van der Waals surface area contributed by atoms with E-state index >= 15 is 0 Å². The van der Waals surface area contributed by atoms with Crippen molar-refractivity contribution in [3.8, 4) is 5.75 Å². The molecule has 0 aliphatic rings. The number of methoxy groups -OCH3 is 1. The summed E-state index contributed by atoms with van der Waals surface area (Å²) < 4.78 is 6.52. The highest BCUT2D eigenvalue weighted by Crippen LogP contribution is 2.29. The lowest BCUT2D eigenvalue weighted by Gasteiger charge is -1.97. The molecule has 0 radical (unpaired) electrons. The van der Waals surface area contributed by atoms with Crippen molar-refractivity contribution in [1.29, 1.82) is 0 Å². The highest BCUT2D eigenvalue weighted by Gasteiger charge is 2.01. The third-order valence-corrected chi connectivity index (χ3v) is 3.43. The zero-order valence-electron chi connectivity index (χ0n) is 8.54. The van der Waals surface area contributed by atoms with Gasteiger partial charge in [-0.3, -0.25) is 0 Å². The standard InChI is InChI=1S/C12H14OS/c1-3-4-11-7-9-5-6-10(13-2)8-12(9)14-11/h5-8H,3-4H2,1-2H3. The van der Waals surface area contributed by atoms with Gasteiger partial charge in [-0.05, 0) is 36.1 Å². The van der Waals surface area contributed by atoms with Crippen LogP contribution >= 0.6 is 11.3 Å². The molecule has 0 fully saturated rings. The minimum atomic E-state index is 0.947. The predicted molar refractivity (Wildman–Crippen MR) is 62.4 cm³/mol. The highest BCUT2D eigenvalue weighted by molar-refractivity contribution is 7.19. The Morgan fingerprint density at radius 1 is 1.29 bits per heavy atom. The largest absolute Gasteiger partial charge is 0.497 e. The Labute approximate surface area is 88.3 Å². The highest BCUT2D eigenvalue weighted by atomic mass is 32.1. The number of ether oxygens (including phenoxy) is 1. The number of aryl methyl sites for hydroxylation is 1. The summed E-state index contributed by atoms with van der Waals surface area (Å²) in [5.74, 6) is 0.947. The van der Waals surface area contributed by atoms with Crippen LogP contribution in [-0.2, 0) is 6.42 Å². The Hall–Kier alpha value is -1.02. The van der Waals surface area contributed by atoms with Crippen LogP contribution in [0.1, 0.15) is 18.2 Å². The minimum Gasteiger partial charge on any atom is -0.497 e. The Morgan fingerprint density at radius 2 is 2.14 bits per heavy atom. The topological polar surface area (TPSA) is 9.23 Å². The van der Waals surface area contributed by atoms with Crippen LogP contribution < -0.4 is 4.74 Å². The second-order valence-corrected chi connectivity index (χ2v) is 4.53. The van der Waals surface area contributed by atoms with Gasteiger partial charge in [0.1, 0.15) is 5.75 Å². The molecule has 0 saturated heterocycles. The van der Waals surface area contributed by atoms with E-state index in [1.165, 1.54) is 27.8 Å². The van der Waals surface area contributed by atoms with E-state index in [-0.39, 0.29) is 0 Å². The van der Waals surface area contributed by atoms with Crippen molar-refractivity contribution in [1.82, 2.24) is 0 Å². The van der Waals surface area contributed by atoms with Gasteiger partial charge in [0.15, 0.2) is 0 Å². The summed E-state index contributed by atoms with van der Waals surface area (Å²) in [6.07, 6.45) is 2.39. The van der Waals surface area contributed by atoms with E-state index in [0.717, 1.165) is 5.75 Å². The summed E-state index contributed by atoms with van der Waals surface area (Å²) in [6.45, 7) is 2.21. The molecule has 1 aromatic heterocycles. The zero-order chi connectivity index (χ0) is 9.97. The van der Waals surface area contributed by atoms with Gasteiger partial charge in [0.2, 0.25) is 0 Å². The lowest BCUT2D eigenvalue weighted by atomic mass is 10.2. The van der Waals surface area contributed by atoms with Gasteiger partial charge in [-0.15, -0.1) is 11.3 Å². The van der Waals surface area contributed by atoms with E-state index in [4.69, 9.17) is 4.74 Å². The molecule has 0 spiro atoms. The molecule has 0 amide bonds.